The second-order valence-corrected chi connectivity index (χ2v) is 8.00. The van der Waals surface area contributed by atoms with Crippen LogP contribution >= 0.6 is 12.4 Å². The van der Waals surface area contributed by atoms with E-state index in [4.69, 9.17) is 4.74 Å². The van der Waals surface area contributed by atoms with E-state index < -0.39 is 0 Å². The molecule has 5 heteroatoms. The predicted molar refractivity (Wildman–Crippen MR) is 112 cm³/mol. The fraction of sp³-hybridized carbons (Fsp3) is 0.682. The van der Waals surface area contributed by atoms with E-state index in [0.717, 1.165) is 52.0 Å². The van der Waals surface area contributed by atoms with Crippen LogP contribution in [0, 0.1) is 11.8 Å². The first kappa shape index (κ1) is 22.2. The molecule has 0 aromatic heterocycles. The minimum absolute atomic E-state index is 0. The zero-order valence-electron chi connectivity index (χ0n) is 16.6. The molecule has 3 atom stereocenters. The number of halogens is 1. The Bertz CT molecular complexity index is 549. The molecule has 27 heavy (non-hydrogen) atoms. The minimum atomic E-state index is 0. The molecule has 0 bridgehead atoms. The smallest absolute Gasteiger partial charge is 0.222 e. The maximum atomic E-state index is 12.6. The number of hydrogen-bond acceptors (Lipinski definition) is 3. The number of nitrogens with zero attached hydrogens (tertiary/aromatic N) is 1. The normalized spacial score (nSPS) is 23.7. The third-order valence-electron chi connectivity index (χ3n) is 5.94. The summed E-state index contributed by atoms with van der Waals surface area (Å²) in [7, 11) is 0. The number of piperidine rings is 1. The summed E-state index contributed by atoms with van der Waals surface area (Å²) in [6.07, 6.45) is 6.49. The zero-order chi connectivity index (χ0) is 18.2. The lowest BCUT2D eigenvalue weighted by molar-refractivity contribution is -0.132. The highest BCUT2D eigenvalue weighted by Crippen LogP contribution is 2.24. The van der Waals surface area contributed by atoms with E-state index >= 15 is 0 Å². The highest BCUT2D eigenvalue weighted by atomic mass is 35.5. The van der Waals surface area contributed by atoms with Gasteiger partial charge in [-0.1, -0.05) is 37.3 Å². The van der Waals surface area contributed by atoms with E-state index in [1.54, 1.807) is 0 Å². The Hall–Kier alpha value is -1.10. The topological polar surface area (TPSA) is 41.6 Å². The number of likely N-dealkylation sites (tertiary alicyclic amines) is 1. The number of hydrogen-bond donors (Lipinski definition) is 1. The second-order valence-electron chi connectivity index (χ2n) is 8.00. The van der Waals surface area contributed by atoms with E-state index in [9.17, 15) is 4.79 Å². The first-order valence-electron chi connectivity index (χ1n) is 10.4. The predicted octanol–water partition coefficient (Wildman–Crippen LogP) is 3.68. The number of ether oxygens (including phenoxy) is 1. The van der Waals surface area contributed by atoms with Crippen LogP contribution in [0.15, 0.2) is 30.3 Å². The van der Waals surface area contributed by atoms with Gasteiger partial charge in [0.25, 0.3) is 0 Å². The van der Waals surface area contributed by atoms with Gasteiger partial charge >= 0.3 is 0 Å². The van der Waals surface area contributed by atoms with Crippen molar-refractivity contribution < 1.29 is 9.53 Å². The molecule has 1 aromatic rings. The lowest BCUT2D eigenvalue weighted by Crippen LogP contribution is -2.37. The molecule has 0 aliphatic carbocycles. The molecule has 2 saturated heterocycles. The molecule has 2 fully saturated rings. The van der Waals surface area contributed by atoms with Crippen LogP contribution in [0.25, 0.3) is 0 Å². The van der Waals surface area contributed by atoms with Gasteiger partial charge in [-0.25, -0.2) is 0 Å². The summed E-state index contributed by atoms with van der Waals surface area (Å²) in [4.78, 5) is 14.6. The number of rotatable bonds is 8. The summed E-state index contributed by atoms with van der Waals surface area (Å²) in [6, 6.07) is 10.6. The van der Waals surface area contributed by atoms with Crippen molar-refractivity contribution in [3.05, 3.63) is 35.9 Å². The average Bonchev–Trinajstić information content (AvgIpc) is 3.16. The zero-order valence-corrected chi connectivity index (χ0v) is 17.4. The van der Waals surface area contributed by atoms with Gasteiger partial charge in [0.05, 0.1) is 6.10 Å². The number of benzene rings is 1. The molecule has 3 rings (SSSR count). The standard InChI is InChI=1S/C22H34N2O2.ClH/c1-18(20-10-5-12-23-16-20)15-22(25)24-13-11-21(17-24)26-14-6-9-19-7-3-2-4-8-19;/h2-4,7-8,18,20-21,23H,5-6,9-17H2,1H3;1H. The molecule has 1 aromatic carbocycles. The van der Waals surface area contributed by atoms with Crippen molar-refractivity contribution in [1.29, 1.82) is 0 Å². The van der Waals surface area contributed by atoms with Gasteiger partial charge < -0.3 is 15.0 Å². The van der Waals surface area contributed by atoms with Gasteiger partial charge in [-0.2, -0.15) is 0 Å². The molecule has 2 heterocycles. The van der Waals surface area contributed by atoms with Crippen molar-refractivity contribution in [2.75, 3.05) is 32.8 Å². The average molecular weight is 395 g/mol. The Balaban J connectivity index is 0.00000261. The van der Waals surface area contributed by atoms with Crippen molar-refractivity contribution in [2.45, 2.75) is 51.6 Å². The van der Waals surface area contributed by atoms with Crippen molar-refractivity contribution in [1.82, 2.24) is 10.2 Å². The summed E-state index contributed by atoms with van der Waals surface area (Å²) in [5.74, 6) is 1.44. The quantitative estimate of drug-likeness (QED) is 0.684. The molecular weight excluding hydrogens is 360 g/mol. The Labute approximate surface area is 170 Å². The number of nitrogens with one attached hydrogen (secondary N) is 1. The molecule has 2 aliphatic heterocycles. The maximum Gasteiger partial charge on any atom is 0.222 e. The number of aryl methyl sites for hydroxylation is 1. The highest BCUT2D eigenvalue weighted by molar-refractivity contribution is 5.85. The van der Waals surface area contributed by atoms with Gasteiger partial charge in [0.1, 0.15) is 0 Å². The molecule has 0 spiro atoms. The van der Waals surface area contributed by atoms with Crippen molar-refractivity contribution >= 4 is 18.3 Å². The van der Waals surface area contributed by atoms with Gasteiger partial charge in [0.15, 0.2) is 0 Å². The van der Waals surface area contributed by atoms with Crippen LogP contribution < -0.4 is 5.32 Å². The van der Waals surface area contributed by atoms with Crippen LogP contribution in [-0.4, -0.2) is 49.7 Å². The van der Waals surface area contributed by atoms with E-state index in [2.05, 4.69) is 42.6 Å². The third kappa shape index (κ3) is 7.10. The number of amides is 1. The van der Waals surface area contributed by atoms with Crippen LogP contribution in [0.4, 0.5) is 0 Å². The maximum absolute atomic E-state index is 12.6. The summed E-state index contributed by atoms with van der Waals surface area (Å²) in [6.45, 7) is 6.86. The van der Waals surface area contributed by atoms with Crippen LogP contribution in [0.5, 0.6) is 0 Å². The van der Waals surface area contributed by atoms with Gasteiger partial charge in [-0.3, -0.25) is 4.79 Å². The minimum Gasteiger partial charge on any atom is -0.376 e. The van der Waals surface area contributed by atoms with Crippen molar-refractivity contribution in [3.8, 4) is 0 Å². The Morgan fingerprint density at radius 3 is 2.85 bits per heavy atom. The highest BCUT2D eigenvalue weighted by Gasteiger charge is 2.29. The van der Waals surface area contributed by atoms with Gasteiger partial charge in [0.2, 0.25) is 5.91 Å². The molecule has 0 radical (unpaired) electrons. The van der Waals surface area contributed by atoms with Crippen LogP contribution in [0.3, 0.4) is 0 Å². The van der Waals surface area contributed by atoms with E-state index in [0.29, 0.717) is 24.2 Å². The van der Waals surface area contributed by atoms with E-state index in [1.165, 1.54) is 18.4 Å². The molecule has 3 unspecified atom stereocenters. The third-order valence-corrected chi connectivity index (χ3v) is 5.94. The first-order valence-corrected chi connectivity index (χ1v) is 10.4. The molecule has 152 valence electrons. The Morgan fingerprint density at radius 2 is 2.11 bits per heavy atom. The fourth-order valence-corrected chi connectivity index (χ4v) is 4.20. The van der Waals surface area contributed by atoms with E-state index in [1.807, 2.05) is 4.90 Å². The molecule has 0 saturated carbocycles. The van der Waals surface area contributed by atoms with E-state index in [-0.39, 0.29) is 18.5 Å². The fourth-order valence-electron chi connectivity index (χ4n) is 4.20. The lowest BCUT2D eigenvalue weighted by atomic mass is 9.85. The lowest BCUT2D eigenvalue weighted by Gasteiger charge is -2.29. The second kappa shape index (κ2) is 11.7. The Kier molecular flexibility index (Phi) is 9.60. The molecule has 1 amide bonds. The largest absolute Gasteiger partial charge is 0.376 e. The summed E-state index contributed by atoms with van der Waals surface area (Å²) < 4.78 is 6.02. The summed E-state index contributed by atoms with van der Waals surface area (Å²) >= 11 is 0. The van der Waals surface area contributed by atoms with Gasteiger partial charge in [-0.15, -0.1) is 12.4 Å². The Morgan fingerprint density at radius 1 is 1.30 bits per heavy atom. The number of carbonyl (C=O) groups excluding carboxylic acids is 1. The molecular formula is C22H35ClN2O2. The summed E-state index contributed by atoms with van der Waals surface area (Å²) in [5.41, 5.74) is 1.37. The molecule has 1 N–H and O–H groups in total. The molecule has 2 aliphatic rings. The van der Waals surface area contributed by atoms with Crippen molar-refractivity contribution in [3.63, 3.8) is 0 Å². The van der Waals surface area contributed by atoms with Crippen LogP contribution in [0.2, 0.25) is 0 Å². The van der Waals surface area contributed by atoms with Crippen molar-refractivity contribution in [2.24, 2.45) is 11.8 Å². The van der Waals surface area contributed by atoms with Crippen LogP contribution in [0.1, 0.15) is 44.6 Å². The first-order chi connectivity index (χ1) is 12.7. The molecule has 4 nitrogen and oxygen atoms in total. The SMILES string of the molecule is CC(CC(=O)N1CCC(OCCCc2ccccc2)C1)C1CCCNC1.Cl. The monoisotopic (exact) mass is 394 g/mol. The summed E-state index contributed by atoms with van der Waals surface area (Å²) in [5, 5.41) is 3.46. The van der Waals surface area contributed by atoms with Crippen LogP contribution in [-0.2, 0) is 16.0 Å². The van der Waals surface area contributed by atoms with Gasteiger partial charge in [0, 0.05) is 26.1 Å². The number of carbonyl (C=O) groups is 1. The van der Waals surface area contributed by atoms with Gasteiger partial charge in [-0.05, 0) is 62.6 Å².